The summed E-state index contributed by atoms with van der Waals surface area (Å²) in [7, 11) is 0. The fourth-order valence-corrected chi connectivity index (χ4v) is 4.67. The lowest BCUT2D eigenvalue weighted by Crippen LogP contribution is -2.44. The topological polar surface area (TPSA) is 50.4 Å². The minimum absolute atomic E-state index is 0.00319. The Labute approximate surface area is 133 Å². The molecule has 0 radical (unpaired) electrons. The number of thioether (sulfide) groups is 1. The maximum absolute atomic E-state index is 12.0. The van der Waals surface area contributed by atoms with Crippen LogP contribution in [0.1, 0.15) is 46.5 Å². The van der Waals surface area contributed by atoms with Gasteiger partial charge in [-0.05, 0) is 37.4 Å². The summed E-state index contributed by atoms with van der Waals surface area (Å²) >= 11 is 2.02. The van der Waals surface area contributed by atoms with Gasteiger partial charge in [-0.1, -0.05) is 20.8 Å². The van der Waals surface area contributed by atoms with Crippen LogP contribution in [0.5, 0.6) is 0 Å². The number of hydrogen-bond acceptors (Lipinski definition) is 3. The summed E-state index contributed by atoms with van der Waals surface area (Å²) in [5, 5.41) is 6.91. The van der Waals surface area contributed by atoms with E-state index in [-0.39, 0.29) is 6.03 Å². The van der Waals surface area contributed by atoms with Crippen molar-refractivity contribution >= 4 is 17.8 Å². The van der Waals surface area contributed by atoms with Crippen molar-refractivity contribution in [2.75, 3.05) is 18.9 Å². The Balaban J connectivity index is 1.66. The minimum Gasteiger partial charge on any atom is -0.378 e. The van der Waals surface area contributed by atoms with Crippen LogP contribution in [-0.2, 0) is 4.74 Å². The number of ether oxygens (including phenoxy) is 1. The fourth-order valence-electron chi connectivity index (χ4n) is 3.53. The Morgan fingerprint density at radius 2 is 2.14 bits per heavy atom. The first-order valence-corrected chi connectivity index (χ1v) is 9.42. The molecule has 1 saturated heterocycles. The maximum Gasteiger partial charge on any atom is 0.315 e. The van der Waals surface area contributed by atoms with Gasteiger partial charge >= 0.3 is 6.03 Å². The quantitative estimate of drug-likeness (QED) is 0.792. The summed E-state index contributed by atoms with van der Waals surface area (Å²) in [6.45, 7) is 8.14. The van der Waals surface area contributed by atoms with Crippen molar-refractivity contribution in [2.45, 2.75) is 63.9 Å². The molecule has 2 rings (SSSR count). The van der Waals surface area contributed by atoms with E-state index in [2.05, 4.69) is 31.4 Å². The molecule has 21 heavy (non-hydrogen) atoms. The second-order valence-corrected chi connectivity index (χ2v) is 8.15. The highest BCUT2D eigenvalue weighted by molar-refractivity contribution is 7.99. The number of urea groups is 1. The van der Waals surface area contributed by atoms with Crippen molar-refractivity contribution in [1.29, 1.82) is 0 Å². The average molecular weight is 314 g/mol. The molecular weight excluding hydrogens is 284 g/mol. The molecule has 4 nitrogen and oxygen atoms in total. The van der Waals surface area contributed by atoms with Crippen LogP contribution in [0, 0.1) is 11.8 Å². The maximum atomic E-state index is 12.0. The molecule has 2 aliphatic rings. The van der Waals surface area contributed by atoms with Crippen LogP contribution in [-0.4, -0.2) is 42.3 Å². The molecule has 0 aromatic heterocycles. The second-order valence-electron chi connectivity index (χ2n) is 6.57. The van der Waals surface area contributed by atoms with Crippen LogP contribution in [0.15, 0.2) is 0 Å². The second kappa shape index (κ2) is 8.28. The third-order valence-corrected chi connectivity index (χ3v) is 5.80. The first kappa shape index (κ1) is 16.9. The fraction of sp³-hybridized carbons (Fsp3) is 0.938. The average Bonchev–Trinajstić information content (AvgIpc) is 3.06. The van der Waals surface area contributed by atoms with Crippen molar-refractivity contribution in [3.05, 3.63) is 0 Å². The van der Waals surface area contributed by atoms with E-state index in [1.54, 1.807) is 0 Å². The summed E-state index contributed by atoms with van der Waals surface area (Å²) < 4.78 is 5.76. The van der Waals surface area contributed by atoms with Crippen LogP contribution < -0.4 is 10.6 Å². The lowest BCUT2D eigenvalue weighted by Gasteiger charge is -2.22. The largest absolute Gasteiger partial charge is 0.378 e. The molecule has 122 valence electrons. The third-order valence-electron chi connectivity index (χ3n) is 4.57. The van der Waals surface area contributed by atoms with Gasteiger partial charge in [0.15, 0.2) is 0 Å². The van der Waals surface area contributed by atoms with Crippen molar-refractivity contribution in [3.8, 4) is 0 Å². The van der Waals surface area contributed by atoms with E-state index >= 15 is 0 Å². The van der Waals surface area contributed by atoms with Crippen molar-refractivity contribution in [2.24, 2.45) is 11.8 Å². The predicted octanol–water partition coefficient (Wildman–Crippen LogP) is 3.02. The molecule has 0 unspecified atom stereocenters. The van der Waals surface area contributed by atoms with Crippen molar-refractivity contribution in [1.82, 2.24) is 10.6 Å². The molecule has 1 aliphatic heterocycles. The Morgan fingerprint density at radius 3 is 2.86 bits per heavy atom. The van der Waals surface area contributed by atoms with Crippen LogP contribution in [0.2, 0.25) is 0 Å². The standard InChI is InChI=1S/C16H30N2O2S/c1-4-21-14-6-5-13(9-14)18-16(19)17-10-12-7-8-20-15(12)11(2)3/h11-15H,4-10H2,1-3H3,(H2,17,18,19)/t12-,13-,14+,15-/m0/s1. The van der Waals surface area contributed by atoms with Gasteiger partial charge in [-0.3, -0.25) is 0 Å². The Morgan fingerprint density at radius 1 is 1.33 bits per heavy atom. The van der Waals surface area contributed by atoms with Gasteiger partial charge in [0.2, 0.25) is 0 Å². The molecule has 0 bridgehead atoms. The summed E-state index contributed by atoms with van der Waals surface area (Å²) in [6.07, 6.45) is 4.82. The summed E-state index contributed by atoms with van der Waals surface area (Å²) in [5.41, 5.74) is 0. The summed E-state index contributed by atoms with van der Waals surface area (Å²) in [5.74, 6) is 2.15. The molecule has 0 aromatic carbocycles. The highest BCUT2D eigenvalue weighted by atomic mass is 32.2. The molecule has 0 aromatic rings. The number of carbonyl (C=O) groups excluding carboxylic acids is 1. The van der Waals surface area contributed by atoms with E-state index in [0.29, 0.717) is 24.0 Å². The number of rotatable bonds is 6. The Bertz CT molecular complexity index is 338. The third kappa shape index (κ3) is 5.06. The van der Waals surface area contributed by atoms with Gasteiger partial charge in [-0.15, -0.1) is 0 Å². The minimum atomic E-state index is -0.00319. The van der Waals surface area contributed by atoms with E-state index in [0.717, 1.165) is 37.7 Å². The molecular formula is C16H30N2O2S. The summed E-state index contributed by atoms with van der Waals surface area (Å²) in [6, 6.07) is 0.353. The van der Waals surface area contributed by atoms with Gasteiger partial charge in [-0.25, -0.2) is 4.79 Å². The summed E-state index contributed by atoms with van der Waals surface area (Å²) in [4.78, 5) is 12.0. The van der Waals surface area contributed by atoms with Crippen LogP contribution in [0.25, 0.3) is 0 Å². The number of carbonyl (C=O) groups is 1. The van der Waals surface area contributed by atoms with Crippen LogP contribution in [0.3, 0.4) is 0 Å². The molecule has 1 heterocycles. The van der Waals surface area contributed by atoms with Crippen LogP contribution in [0.4, 0.5) is 4.79 Å². The normalized spacial score (nSPS) is 32.6. The number of nitrogens with one attached hydrogen (secondary N) is 2. The van der Waals surface area contributed by atoms with Gasteiger partial charge in [0, 0.05) is 30.4 Å². The zero-order chi connectivity index (χ0) is 15.2. The lowest BCUT2D eigenvalue weighted by molar-refractivity contribution is 0.0545. The van der Waals surface area contributed by atoms with E-state index in [1.807, 2.05) is 11.8 Å². The molecule has 4 atom stereocenters. The van der Waals surface area contributed by atoms with Crippen molar-refractivity contribution < 1.29 is 9.53 Å². The van der Waals surface area contributed by atoms with E-state index in [1.165, 1.54) is 12.2 Å². The smallest absolute Gasteiger partial charge is 0.315 e. The number of amides is 2. The van der Waals surface area contributed by atoms with Gasteiger partial charge in [0.25, 0.3) is 0 Å². The molecule has 1 aliphatic carbocycles. The van der Waals surface area contributed by atoms with E-state index < -0.39 is 0 Å². The predicted molar refractivity (Wildman–Crippen MR) is 88.8 cm³/mol. The first-order chi connectivity index (χ1) is 10.1. The van der Waals surface area contributed by atoms with Gasteiger partial charge < -0.3 is 15.4 Å². The lowest BCUT2D eigenvalue weighted by atomic mass is 9.93. The molecule has 2 fully saturated rings. The molecule has 5 heteroatoms. The van der Waals surface area contributed by atoms with Gasteiger partial charge in [0.05, 0.1) is 6.10 Å². The molecule has 0 spiro atoms. The van der Waals surface area contributed by atoms with E-state index in [9.17, 15) is 4.79 Å². The number of hydrogen-bond donors (Lipinski definition) is 2. The first-order valence-electron chi connectivity index (χ1n) is 8.37. The van der Waals surface area contributed by atoms with Gasteiger partial charge in [-0.2, -0.15) is 11.8 Å². The zero-order valence-electron chi connectivity index (χ0n) is 13.6. The van der Waals surface area contributed by atoms with Crippen molar-refractivity contribution in [3.63, 3.8) is 0 Å². The monoisotopic (exact) mass is 314 g/mol. The van der Waals surface area contributed by atoms with E-state index in [4.69, 9.17) is 4.74 Å². The zero-order valence-corrected chi connectivity index (χ0v) is 14.4. The van der Waals surface area contributed by atoms with Crippen LogP contribution >= 0.6 is 11.8 Å². The highest BCUT2D eigenvalue weighted by Gasteiger charge is 2.31. The molecule has 2 amide bonds. The Kier molecular flexibility index (Phi) is 6.68. The molecule has 2 N–H and O–H groups in total. The molecule has 1 saturated carbocycles. The Hall–Kier alpha value is -0.420. The SMILES string of the molecule is CCS[C@@H]1CC[C@H](NC(=O)NC[C@@H]2CCO[C@H]2C(C)C)C1. The highest BCUT2D eigenvalue weighted by Crippen LogP contribution is 2.29. The van der Waals surface area contributed by atoms with Gasteiger partial charge in [0.1, 0.15) is 0 Å².